The van der Waals surface area contributed by atoms with E-state index in [2.05, 4.69) is 15.3 Å². The topological polar surface area (TPSA) is 92.3 Å². The maximum Gasteiger partial charge on any atom is 0.261 e. The molecule has 0 saturated heterocycles. The summed E-state index contributed by atoms with van der Waals surface area (Å²) < 4.78 is 0. The van der Waals surface area contributed by atoms with Crippen LogP contribution in [0.4, 0.5) is 5.69 Å². The Labute approximate surface area is 167 Å². The highest BCUT2D eigenvalue weighted by molar-refractivity contribution is 6.21. The van der Waals surface area contributed by atoms with Gasteiger partial charge in [-0.3, -0.25) is 19.3 Å². The second-order valence-electron chi connectivity index (χ2n) is 6.62. The first-order chi connectivity index (χ1) is 14.1. The van der Waals surface area contributed by atoms with Gasteiger partial charge in [0.15, 0.2) is 5.82 Å². The van der Waals surface area contributed by atoms with Crippen molar-refractivity contribution in [3.05, 3.63) is 78.1 Å². The van der Waals surface area contributed by atoms with E-state index < -0.39 is 0 Å². The normalized spacial score (nSPS) is 12.8. The number of fused-ring (bicyclic) bond motifs is 1. The Morgan fingerprint density at radius 1 is 0.862 bits per heavy atom. The van der Waals surface area contributed by atoms with Gasteiger partial charge in [0.1, 0.15) is 0 Å². The van der Waals surface area contributed by atoms with E-state index in [4.69, 9.17) is 0 Å². The highest BCUT2D eigenvalue weighted by atomic mass is 16.2. The third kappa shape index (κ3) is 3.89. The summed E-state index contributed by atoms with van der Waals surface area (Å²) in [6.07, 6.45) is 3.66. The van der Waals surface area contributed by atoms with Crippen molar-refractivity contribution in [3.63, 3.8) is 0 Å². The monoisotopic (exact) mass is 386 g/mol. The van der Waals surface area contributed by atoms with Crippen LogP contribution in [0.25, 0.3) is 11.4 Å². The number of nitrogens with zero attached hydrogens (tertiary/aromatic N) is 3. The fourth-order valence-electron chi connectivity index (χ4n) is 3.19. The zero-order valence-electron chi connectivity index (χ0n) is 15.5. The number of imide groups is 1. The van der Waals surface area contributed by atoms with Gasteiger partial charge >= 0.3 is 0 Å². The lowest BCUT2D eigenvalue weighted by Crippen LogP contribution is -2.31. The second kappa shape index (κ2) is 8.02. The summed E-state index contributed by atoms with van der Waals surface area (Å²) >= 11 is 0. The van der Waals surface area contributed by atoms with Crippen LogP contribution < -0.4 is 5.32 Å². The van der Waals surface area contributed by atoms with Crippen molar-refractivity contribution in [1.82, 2.24) is 14.9 Å². The van der Waals surface area contributed by atoms with E-state index in [0.717, 1.165) is 5.56 Å². The number of hydrogen-bond donors (Lipinski definition) is 1. The predicted molar refractivity (Wildman–Crippen MR) is 107 cm³/mol. The molecular formula is C22H18N4O3. The summed E-state index contributed by atoms with van der Waals surface area (Å²) in [5, 5.41) is 2.73. The standard InChI is InChI=1S/C22H18N4O3/c27-19(25-16-13-23-20(24-14-16)15-7-2-1-3-8-15)11-6-12-26-21(28)17-9-4-5-10-18(17)22(26)29/h1-5,7-10,13-14H,6,11-12H2,(H,25,27). The van der Waals surface area contributed by atoms with Gasteiger partial charge in [0.25, 0.3) is 11.8 Å². The molecule has 1 N–H and O–H groups in total. The van der Waals surface area contributed by atoms with E-state index in [-0.39, 0.29) is 30.7 Å². The van der Waals surface area contributed by atoms with E-state index in [1.165, 1.54) is 4.90 Å². The summed E-state index contributed by atoms with van der Waals surface area (Å²) in [6.45, 7) is 0.198. The van der Waals surface area contributed by atoms with Gasteiger partial charge in [-0.1, -0.05) is 42.5 Å². The van der Waals surface area contributed by atoms with Gasteiger partial charge in [0.2, 0.25) is 5.91 Å². The Morgan fingerprint density at radius 2 is 1.45 bits per heavy atom. The fraction of sp³-hybridized carbons (Fsp3) is 0.136. The Morgan fingerprint density at radius 3 is 2.07 bits per heavy atom. The number of benzene rings is 2. The van der Waals surface area contributed by atoms with Crippen molar-refractivity contribution in [2.75, 3.05) is 11.9 Å². The van der Waals surface area contributed by atoms with Gasteiger partial charge in [-0.25, -0.2) is 9.97 Å². The Bertz CT molecular complexity index is 1030. The molecule has 3 aromatic rings. The largest absolute Gasteiger partial charge is 0.323 e. The molecule has 29 heavy (non-hydrogen) atoms. The minimum Gasteiger partial charge on any atom is -0.323 e. The molecule has 1 aromatic heterocycles. The quantitative estimate of drug-likeness (QED) is 0.657. The van der Waals surface area contributed by atoms with E-state index in [9.17, 15) is 14.4 Å². The molecule has 3 amide bonds. The summed E-state index contributed by atoms with van der Waals surface area (Å²) in [4.78, 5) is 46.5. The number of aromatic nitrogens is 2. The van der Waals surface area contributed by atoms with Crippen molar-refractivity contribution in [1.29, 1.82) is 0 Å². The van der Waals surface area contributed by atoms with Gasteiger partial charge < -0.3 is 5.32 Å². The molecule has 144 valence electrons. The molecule has 0 radical (unpaired) electrons. The maximum atomic E-state index is 12.3. The molecule has 0 fully saturated rings. The van der Waals surface area contributed by atoms with Crippen LogP contribution in [0.1, 0.15) is 33.6 Å². The van der Waals surface area contributed by atoms with Crippen molar-refractivity contribution >= 4 is 23.4 Å². The van der Waals surface area contributed by atoms with Crippen LogP contribution in [0, 0.1) is 0 Å². The first kappa shape index (κ1) is 18.5. The van der Waals surface area contributed by atoms with Crippen LogP contribution in [0.3, 0.4) is 0 Å². The lowest BCUT2D eigenvalue weighted by molar-refractivity contribution is -0.116. The zero-order valence-corrected chi connectivity index (χ0v) is 15.5. The number of anilines is 1. The van der Waals surface area contributed by atoms with Gasteiger partial charge in [0, 0.05) is 18.5 Å². The van der Waals surface area contributed by atoms with E-state index >= 15 is 0 Å². The van der Waals surface area contributed by atoms with Crippen LogP contribution in [0.2, 0.25) is 0 Å². The number of nitrogens with one attached hydrogen (secondary N) is 1. The average molecular weight is 386 g/mol. The SMILES string of the molecule is O=C(CCCN1C(=O)c2ccccc2C1=O)Nc1cnc(-c2ccccc2)nc1. The number of carbonyl (C=O) groups is 3. The minimum atomic E-state index is -0.309. The summed E-state index contributed by atoms with van der Waals surface area (Å²) in [7, 11) is 0. The average Bonchev–Trinajstić information content (AvgIpc) is 3.00. The molecule has 4 rings (SSSR count). The number of hydrogen-bond acceptors (Lipinski definition) is 5. The first-order valence-corrected chi connectivity index (χ1v) is 9.26. The molecule has 0 aliphatic carbocycles. The third-order valence-electron chi connectivity index (χ3n) is 4.63. The zero-order chi connectivity index (χ0) is 20.2. The van der Waals surface area contributed by atoms with Crippen LogP contribution in [0.15, 0.2) is 67.0 Å². The summed E-state index contributed by atoms with van der Waals surface area (Å²) in [6, 6.07) is 16.3. The minimum absolute atomic E-state index is 0.174. The smallest absolute Gasteiger partial charge is 0.261 e. The van der Waals surface area contributed by atoms with Crippen LogP contribution in [0.5, 0.6) is 0 Å². The van der Waals surface area contributed by atoms with Gasteiger partial charge in [0.05, 0.1) is 29.2 Å². The Kier molecular flexibility index (Phi) is 5.11. The van der Waals surface area contributed by atoms with Crippen molar-refractivity contribution < 1.29 is 14.4 Å². The molecule has 0 atom stereocenters. The molecule has 1 aliphatic rings. The lowest BCUT2D eigenvalue weighted by atomic mass is 10.1. The fourth-order valence-corrected chi connectivity index (χ4v) is 3.19. The Hall–Kier alpha value is -3.87. The molecule has 7 nitrogen and oxygen atoms in total. The lowest BCUT2D eigenvalue weighted by Gasteiger charge is -2.13. The van der Waals surface area contributed by atoms with E-state index in [1.54, 1.807) is 36.7 Å². The summed E-state index contributed by atoms with van der Waals surface area (Å²) in [5.74, 6) is -0.265. The van der Waals surface area contributed by atoms with Crippen molar-refractivity contribution in [2.24, 2.45) is 0 Å². The maximum absolute atomic E-state index is 12.3. The van der Waals surface area contributed by atoms with E-state index in [1.807, 2.05) is 30.3 Å². The molecule has 2 aromatic carbocycles. The molecule has 7 heteroatoms. The molecule has 0 spiro atoms. The van der Waals surface area contributed by atoms with Crippen LogP contribution in [-0.4, -0.2) is 39.1 Å². The Balaban J connectivity index is 1.29. The van der Waals surface area contributed by atoms with Crippen molar-refractivity contribution in [3.8, 4) is 11.4 Å². The second-order valence-corrected chi connectivity index (χ2v) is 6.62. The highest BCUT2D eigenvalue weighted by Gasteiger charge is 2.34. The van der Waals surface area contributed by atoms with Gasteiger partial charge in [-0.2, -0.15) is 0 Å². The highest BCUT2D eigenvalue weighted by Crippen LogP contribution is 2.22. The molecule has 0 bridgehead atoms. The van der Waals surface area contributed by atoms with E-state index in [0.29, 0.717) is 29.1 Å². The van der Waals surface area contributed by atoms with Crippen LogP contribution in [-0.2, 0) is 4.79 Å². The summed E-state index contributed by atoms with van der Waals surface area (Å²) in [5.41, 5.74) is 2.22. The van der Waals surface area contributed by atoms with Crippen LogP contribution >= 0.6 is 0 Å². The molecular weight excluding hydrogens is 368 g/mol. The molecule has 1 aliphatic heterocycles. The first-order valence-electron chi connectivity index (χ1n) is 9.26. The van der Waals surface area contributed by atoms with Gasteiger partial charge in [-0.05, 0) is 18.6 Å². The number of rotatable bonds is 6. The predicted octanol–water partition coefficient (Wildman–Crippen LogP) is 3.16. The number of carbonyl (C=O) groups excluding carboxylic acids is 3. The van der Waals surface area contributed by atoms with Gasteiger partial charge in [-0.15, -0.1) is 0 Å². The van der Waals surface area contributed by atoms with Crippen molar-refractivity contribution in [2.45, 2.75) is 12.8 Å². The third-order valence-corrected chi connectivity index (χ3v) is 4.63. The molecule has 0 saturated carbocycles. The number of amides is 3. The molecule has 0 unspecified atom stereocenters. The molecule has 2 heterocycles.